The Labute approximate surface area is 131 Å². The van der Waals surface area contributed by atoms with E-state index < -0.39 is 29.5 Å². The molecule has 0 saturated carbocycles. The van der Waals surface area contributed by atoms with Crippen molar-refractivity contribution in [1.82, 2.24) is 10.2 Å². The highest BCUT2D eigenvalue weighted by atomic mass is 16.6. The van der Waals surface area contributed by atoms with E-state index >= 15 is 0 Å². The lowest BCUT2D eigenvalue weighted by molar-refractivity contribution is 0.0196. The molecule has 2 N–H and O–H groups in total. The highest BCUT2D eigenvalue weighted by Gasteiger charge is 2.37. The first-order valence-corrected chi connectivity index (χ1v) is 7.52. The monoisotopic (exact) mass is 316 g/mol. The van der Waals surface area contributed by atoms with Crippen LogP contribution in [-0.2, 0) is 9.47 Å². The molecule has 1 fully saturated rings. The fraction of sp³-hybridized carbons (Fsp3) is 0.867. The minimum absolute atomic E-state index is 0.204. The predicted molar refractivity (Wildman–Crippen MR) is 81.6 cm³/mol. The number of carbonyl (C=O) groups is 2. The normalized spacial score (nSPS) is 22.4. The topological polar surface area (TPSA) is 88.1 Å². The number of aliphatic hydroxyl groups excluding tert-OH is 1. The maximum atomic E-state index is 12.1. The molecule has 0 unspecified atom stereocenters. The summed E-state index contributed by atoms with van der Waals surface area (Å²) >= 11 is 0. The van der Waals surface area contributed by atoms with Crippen LogP contribution < -0.4 is 5.32 Å². The molecule has 1 saturated heterocycles. The summed E-state index contributed by atoms with van der Waals surface area (Å²) in [4.78, 5) is 25.3. The summed E-state index contributed by atoms with van der Waals surface area (Å²) in [7, 11) is 0. The maximum Gasteiger partial charge on any atom is 0.410 e. The van der Waals surface area contributed by atoms with Gasteiger partial charge in [-0.25, -0.2) is 9.59 Å². The van der Waals surface area contributed by atoms with Crippen molar-refractivity contribution in [3.05, 3.63) is 0 Å². The Morgan fingerprint density at radius 1 is 1.14 bits per heavy atom. The second kappa shape index (κ2) is 6.73. The number of hydrogen-bond donors (Lipinski definition) is 2. The second-order valence-electron chi connectivity index (χ2n) is 7.56. The third-order valence-electron chi connectivity index (χ3n) is 2.90. The predicted octanol–water partition coefficient (Wildman–Crippen LogP) is 1.88. The summed E-state index contributed by atoms with van der Waals surface area (Å²) in [6.45, 7) is 11.1. The molecule has 1 aliphatic heterocycles. The first kappa shape index (κ1) is 18.5. The summed E-state index contributed by atoms with van der Waals surface area (Å²) in [6, 6.07) is -0.308. The molecule has 0 spiro atoms. The molecule has 0 radical (unpaired) electrons. The molecule has 22 heavy (non-hydrogen) atoms. The molecule has 1 aliphatic rings. The van der Waals surface area contributed by atoms with Crippen LogP contribution >= 0.6 is 0 Å². The number of nitrogens with zero attached hydrogens (tertiary/aromatic N) is 1. The first-order valence-electron chi connectivity index (χ1n) is 7.52. The van der Waals surface area contributed by atoms with E-state index in [0.29, 0.717) is 6.42 Å². The van der Waals surface area contributed by atoms with E-state index in [-0.39, 0.29) is 19.1 Å². The lowest BCUT2D eigenvalue weighted by atomic mass is 10.2. The van der Waals surface area contributed by atoms with E-state index in [0.717, 1.165) is 0 Å². The Hall–Kier alpha value is -1.50. The molecule has 2 amide bonds. The standard InChI is InChI=1S/C15H28N2O5/c1-14(2,3)21-12(19)16-8-10-7-11(18)9-17(10)13(20)22-15(4,5)6/h10-11,18H,7-9H2,1-6H3,(H,16,19)/t10-,11-/m1/s1. The van der Waals surface area contributed by atoms with Crippen molar-refractivity contribution in [2.45, 2.75) is 71.3 Å². The van der Waals surface area contributed by atoms with Crippen LogP contribution in [0.3, 0.4) is 0 Å². The molecule has 0 aliphatic carbocycles. The van der Waals surface area contributed by atoms with Gasteiger partial charge < -0.3 is 24.8 Å². The third kappa shape index (κ3) is 6.51. The molecule has 128 valence electrons. The number of nitrogens with one attached hydrogen (secondary N) is 1. The Kier molecular flexibility index (Phi) is 5.67. The molecular formula is C15H28N2O5. The lowest BCUT2D eigenvalue weighted by Crippen LogP contribution is -2.46. The van der Waals surface area contributed by atoms with E-state index in [1.165, 1.54) is 4.90 Å². The van der Waals surface area contributed by atoms with Crippen LogP contribution in [0.5, 0.6) is 0 Å². The van der Waals surface area contributed by atoms with Gasteiger partial charge >= 0.3 is 12.2 Å². The number of alkyl carbamates (subject to hydrolysis) is 1. The molecule has 0 aromatic carbocycles. The average molecular weight is 316 g/mol. The average Bonchev–Trinajstić information content (AvgIpc) is 2.63. The quantitative estimate of drug-likeness (QED) is 0.812. The van der Waals surface area contributed by atoms with Crippen molar-refractivity contribution in [3.8, 4) is 0 Å². The van der Waals surface area contributed by atoms with Crippen LogP contribution in [0.25, 0.3) is 0 Å². The summed E-state index contributed by atoms with van der Waals surface area (Å²) in [6.07, 6.45) is -1.24. The summed E-state index contributed by atoms with van der Waals surface area (Å²) in [5.74, 6) is 0. The summed E-state index contributed by atoms with van der Waals surface area (Å²) in [5.41, 5.74) is -1.18. The lowest BCUT2D eigenvalue weighted by Gasteiger charge is -2.28. The largest absolute Gasteiger partial charge is 0.444 e. The molecule has 0 bridgehead atoms. The van der Waals surface area contributed by atoms with Crippen molar-refractivity contribution in [2.75, 3.05) is 13.1 Å². The smallest absolute Gasteiger partial charge is 0.410 e. The van der Waals surface area contributed by atoms with E-state index in [9.17, 15) is 14.7 Å². The van der Waals surface area contributed by atoms with Gasteiger partial charge in [0, 0.05) is 6.54 Å². The van der Waals surface area contributed by atoms with Gasteiger partial charge in [-0.2, -0.15) is 0 Å². The Morgan fingerprint density at radius 2 is 1.68 bits per heavy atom. The minimum Gasteiger partial charge on any atom is -0.444 e. The van der Waals surface area contributed by atoms with Gasteiger partial charge in [-0.15, -0.1) is 0 Å². The van der Waals surface area contributed by atoms with E-state index in [2.05, 4.69) is 5.32 Å². The number of rotatable bonds is 2. The Bertz CT molecular complexity index is 411. The Morgan fingerprint density at radius 3 is 2.18 bits per heavy atom. The minimum atomic E-state index is -0.613. The van der Waals surface area contributed by atoms with Gasteiger partial charge in [-0.3, -0.25) is 0 Å². The second-order valence-corrected chi connectivity index (χ2v) is 7.56. The van der Waals surface area contributed by atoms with Gasteiger partial charge in [0.25, 0.3) is 0 Å². The summed E-state index contributed by atoms with van der Waals surface area (Å²) in [5, 5.41) is 12.4. The molecule has 0 aromatic rings. The zero-order valence-corrected chi connectivity index (χ0v) is 14.3. The first-order chi connectivity index (χ1) is 9.87. The fourth-order valence-electron chi connectivity index (χ4n) is 2.14. The van der Waals surface area contributed by atoms with Crippen molar-refractivity contribution < 1.29 is 24.2 Å². The molecule has 2 atom stereocenters. The number of aliphatic hydroxyl groups is 1. The summed E-state index contributed by atoms with van der Waals surface area (Å²) < 4.78 is 10.5. The van der Waals surface area contributed by atoms with Crippen molar-refractivity contribution in [1.29, 1.82) is 0 Å². The van der Waals surface area contributed by atoms with Crippen LogP contribution in [-0.4, -0.2) is 58.6 Å². The maximum absolute atomic E-state index is 12.1. The molecule has 1 rings (SSSR count). The van der Waals surface area contributed by atoms with Gasteiger partial charge in [0.1, 0.15) is 11.2 Å². The van der Waals surface area contributed by atoms with Crippen LogP contribution in [0, 0.1) is 0 Å². The van der Waals surface area contributed by atoms with E-state index in [1.54, 1.807) is 41.5 Å². The van der Waals surface area contributed by atoms with Gasteiger partial charge in [0.15, 0.2) is 0 Å². The molecule has 7 nitrogen and oxygen atoms in total. The third-order valence-corrected chi connectivity index (χ3v) is 2.90. The number of ether oxygens (including phenoxy) is 2. The fourth-order valence-corrected chi connectivity index (χ4v) is 2.14. The van der Waals surface area contributed by atoms with E-state index in [1.807, 2.05) is 0 Å². The number of carbonyl (C=O) groups excluding carboxylic acids is 2. The zero-order valence-electron chi connectivity index (χ0n) is 14.3. The zero-order chi connectivity index (χ0) is 17.1. The van der Waals surface area contributed by atoms with Gasteiger partial charge in [-0.05, 0) is 48.0 Å². The molecular weight excluding hydrogens is 288 g/mol. The Balaban J connectivity index is 2.56. The van der Waals surface area contributed by atoms with Crippen molar-refractivity contribution >= 4 is 12.2 Å². The SMILES string of the molecule is CC(C)(C)OC(=O)NC[C@H]1C[C@@H](O)CN1C(=O)OC(C)(C)C. The number of hydrogen-bond acceptors (Lipinski definition) is 5. The van der Waals surface area contributed by atoms with Crippen LogP contribution in [0.15, 0.2) is 0 Å². The number of β-amino-alcohol motifs (C(OH)–C–C–N with tert-alkyl or cyclic N) is 1. The number of likely N-dealkylation sites (tertiary alicyclic amines) is 1. The molecule has 7 heteroatoms. The molecule has 0 aromatic heterocycles. The highest BCUT2D eigenvalue weighted by Crippen LogP contribution is 2.21. The van der Waals surface area contributed by atoms with Gasteiger partial charge in [0.2, 0.25) is 0 Å². The van der Waals surface area contributed by atoms with Gasteiger partial charge in [-0.1, -0.05) is 0 Å². The van der Waals surface area contributed by atoms with Crippen LogP contribution in [0.2, 0.25) is 0 Å². The van der Waals surface area contributed by atoms with Crippen LogP contribution in [0.1, 0.15) is 48.0 Å². The van der Waals surface area contributed by atoms with Crippen LogP contribution in [0.4, 0.5) is 9.59 Å². The molecule has 1 heterocycles. The number of amides is 2. The highest BCUT2D eigenvalue weighted by molar-refractivity contribution is 5.70. The van der Waals surface area contributed by atoms with Gasteiger partial charge in [0.05, 0.1) is 18.7 Å². The van der Waals surface area contributed by atoms with E-state index in [4.69, 9.17) is 9.47 Å². The van der Waals surface area contributed by atoms with Crippen molar-refractivity contribution in [3.63, 3.8) is 0 Å². The van der Waals surface area contributed by atoms with Crippen molar-refractivity contribution in [2.24, 2.45) is 0 Å².